The van der Waals surface area contributed by atoms with Crippen molar-refractivity contribution < 1.29 is 27.8 Å². The highest BCUT2D eigenvalue weighted by Gasteiger charge is 2.38. The van der Waals surface area contributed by atoms with E-state index in [9.17, 15) is 23.1 Å². The van der Waals surface area contributed by atoms with Crippen molar-refractivity contribution in [1.29, 1.82) is 0 Å². The first-order valence-electron chi connectivity index (χ1n) is 11.0. The van der Waals surface area contributed by atoms with Crippen LogP contribution in [0.15, 0.2) is 48.0 Å². The molecular formula is C26H28F3NO3S. The molecule has 1 heterocycles. The first-order chi connectivity index (χ1) is 15.8. The first kappa shape index (κ1) is 25.7. The van der Waals surface area contributed by atoms with Crippen LogP contribution in [-0.4, -0.2) is 11.0 Å². The molecule has 0 amide bonds. The Kier molecular flexibility index (Phi) is 7.41. The summed E-state index contributed by atoms with van der Waals surface area (Å²) < 4.78 is 45.3. The van der Waals surface area contributed by atoms with Gasteiger partial charge in [0.1, 0.15) is 11.4 Å². The summed E-state index contributed by atoms with van der Waals surface area (Å²) in [4.78, 5) is 17.4. The van der Waals surface area contributed by atoms with Crippen molar-refractivity contribution in [3.8, 4) is 10.6 Å². The number of benzene rings is 2. The quantitative estimate of drug-likeness (QED) is 0.358. The maximum atomic E-state index is 13.0. The number of carbonyl (C=O) groups excluding carboxylic acids is 1. The van der Waals surface area contributed by atoms with Gasteiger partial charge in [-0.2, -0.15) is 13.2 Å². The molecule has 2 unspecified atom stereocenters. The Balaban J connectivity index is 1.88. The number of aliphatic carboxylic acids is 1. The molecule has 182 valence electrons. The van der Waals surface area contributed by atoms with Crippen molar-refractivity contribution in [1.82, 2.24) is 4.98 Å². The maximum Gasteiger partial charge on any atom is 0.416 e. The lowest BCUT2D eigenvalue weighted by Crippen LogP contribution is -2.32. The molecule has 8 heteroatoms. The highest BCUT2D eigenvalue weighted by atomic mass is 32.2. The maximum absolute atomic E-state index is 13.0. The Hall–Kier alpha value is -2.87. The molecule has 0 saturated heterocycles. The van der Waals surface area contributed by atoms with E-state index >= 15 is 0 Å². The normalized spacial score (nSPS) is 13.6. The number of aromatic nitrogens is 1. The van der Waals surface area contributed by atoms with E-state index in [0.717, 1.165) is 38.7 Å². The van der Waals surface area contributed by atoms with Gasteiger partial charge in [0, 0.05) is 22.4 Å². The number of aryl methyl sites for hydroxylation is 2. The number of rotatable bonds is 8. The molecule has 0 spiro atoms. The lowest BCUT2D eigenvalue weighted by molar-refractivity contribution is -0.311. The molecular weight excluding hydrogens is 463 g/mol. The van der Waals surface area contributed by atoms with Crippen molar-refractivity contribution in [3.63, 3.8) is 0 Å². The van der Waals surface area contributed by atoms with E-state index in [1.54, 1.807) is 5.51 Å². The number of carboxylic acid groups (broad SMARTS) is 1. The molecule has 0 N–H and O–H groups in total. The number of hydrogen-bond acceptors (Lipinski definition) is 4. The van der Waals surface area contributed by atoms with E-state index in [0.29, 0.717) is 18.6 Å². The lowest BCUT2D eigenvalue weighted by Gasteiger charge is -2.24. The number of carboxylic acids is 1. The molecule has 0 radical (unpaired) electrons. The number of thiazole rings is 1. The Morgan fingerprint density at radius 3 is 2.29 bits per heavy atom. The van der Waals surface area contributed by atoms with E-state index in [2.05, 4.69) is 4.98 Å². The van der Waals surface area contributed by atoms with Crippen molar-refractivity contribution >= 4 is 16.4 Å². The molecule has 0 bridgehead atoms. The van der Waals surface area contributed by atoms with Crippen molar-refractivity contribution in [2.24, 2.45) is 5.92 Å². The monoisotopic (exact) mass is 491 g/mol. The van der Waals surface area contributed by atoms with Gasteiger partial charge >= 0.3 is 6.18 Å². The van der Waals surface area contributed by atoms with Crippen LogP contribution in [0.3, 0.4) is 0 Å². The topological polar surface area (TPSA) is 62.2 Å². The second-order valence-electron chi connectivity index (χ2n) is 8.84. The van der Waals surface area contributed by atoms with E-state index in [1.165, 1.54) is 12.1 Å². The zero-order valence-corrected chi connectivity index (χ0v) is 20.6. The van der Waals surface area contributed by atoms with Gasteiger partial charge < -0.3 is 14.6 Å². The largest absolute Gasteiger partial charge is 0.550 e. The summed E-state index contributed by atoms with van der Waals surface area (Å²) in [5, 5.41) is 11.3. The third-order valence-corrected chi connectivity index (χ3v) is 8.19. The van der Waals surface area contributed by atoms with Crippen LogP contribution in [-0.2, 0) is 23.0 Å². The average molecular weight is 492 g/mol. The molecule has 34 heavy (non-hydrogen) atoms. The standard InChI is InChI=1S/C26H28F3NO3S/c1-6-18(24(31)32)14-19-7-10-21(13-16(19)2)33-25(4,5)23-17(3)30-15-34(23)22-11-8-20(9-12-22)26(27,28)29/h7-13,15,18H,6,14H2,1-5H3. The van der Waals surface area contributed by atoms with Crippen LogP contribution in [0.1, 0.15) is 54.5 Å². The van der Waals surface area contributed by atoms with Gasteiger partial charge in [0.05, 0.1) is 5.56 Å². The Morgan fingerprint density at radius 1 is 1.12 bits per heavy atom. The van der Waals surface area contributed by atoms with E-state index in [1.807, 2.05) is 52.8 Å². The molecule has 0 aliphatic heterocycles. The van der Waals surface area contributed by atoms with Crippen LogP contribution in [0.5, 0.6) is 5.75 Å². The van der Waals surface area contributed by atoms with Crippen LogP contribution in [0, 0.1) is 19.8 Å². The van der Waals surface area contributed by atoms with Gasteiger partial charge in [-0.15, -0.1) is 0 Å². The Morgan fingerprint density at radius 2 is 1.76 bits per heavy atom. The van der Waals surface area contributed by atoms with Gasteiger partial charge in [-0.1, -0.05) is 13.0 Å². The fourth-order valence-corrected chi connectivity index (χ4v) is 6.13. The Labute approximate surface area is 200 Å². The highest BCUT2D eigenvalue weighted by Crippen LogP contribution is 2.44. The SMILES string of the molecule is CCC(Cc1ccc(OC(C)(C)c2c(C)nc[s+]2-c2ccc(C(F)(F)F)cc2)cc1C)C(=O)[O-]. The smallest absolute Gasteiger partial charge is 0.416 e. The summed E-state index contributed by atoms with van der Waals surface area (Å²) in [5.74, 6) is -0.978. The average Bonchev–Trinajstić information content (AvgIpc) is 3.14. The van der Waals surface area contributed by atoms with E-state index in [4.69, 9.17) is 4.74 Å². The molecule has 0 aliphatic carbocycles. The Bertz CT molecular complexity index is 1170. The zero-order chi connectivity index (χ0) is 25.3. The highest BCUT2D eigenvalue weighted by molar-refractivity contribution is 7.38. The lowest BCUT2D eigenvalue weighted by atomic mass is 9.94. The summed E-state index contributed by atoms with van der Waals surface area (Å²) in [6.07, 6.45) is -3.50. The zero-order valence-electron chi connectivity index (χ0n) is 19.8. The minimum atomic E-state index is -4.38. The number of nitrogens with zero attached hydrogens (tertiary/aromatic N) is 1. The third-order valence-electron chi connectivity index (χ3n) is 5.86. The van der Waals surface area contributed by atoms with Crippen molar-refractivity contribution in [3.05, 3.63) is 75.2 Å². The summed E-state index contributed by atoms with van der Waals surface area (Å²) in [6, 6.07) is 10.7. The minimum Gasteiger partial charge on any atom is -0.550 e. The summed E-state index contributed by atoms with van der Waals surface area (Å²) in [7, 11) is -0.637. The molecule has 1 aromatic heterocycles. The molecule has 3 rings (SSSR count). The first-order valence-corrected chi connectivity index (χ1v) is 12.3. The van der Waals surface area contributed by atoms with E-state index < -0.39 is 39.7 Å². The van der Waals surface area contributed by atoms with Gasteiger partial charge in [-0.25, -0.2) is 4.98 Å². The molecule has 4 nitrogen and oxygen atoms in total. The molecule has 3 aromatic rings. The van der Waals surface area contributed by atoms with Crippen LogP contribution in [0.25, 0.3) is 4.90 Å². The number of alkyl halides is 3. The van der Waals surface area contributed by atoms with Gasteiger partial charge in [0.15, 0.2) is 10.5 Å². The third kappa shape index (κ3) is 5.60. The number of carbonyl (C=O) groups is 1. The predicted octanol–water partition coefficient (Wildman–Crippen LogP) is 6.09. The second-order valence-corrected chi connectivity index (χ2v) is 10.6. The second kappa shape index (κ2) is 9.78. The van der Waals surface area contributed by atoms with Crippen molar-refractivity contribution in [2.45, 2.75) is 59.2 Å². The number of hydrogen-bond donors (Lipinski definition) is 0. The minimum absolute atomic E-state index is 0.393. The number of ether oxygens (including phenoxy) is 1. The predicted molar refractivity (Wildman–Crippen MR) is 125 cm³/mol. The fraction of sp³-hybridized carbons (Fsp3) is 0.385. The summed E-state index contributed by atoms with van der Waals surface area (Å²) in [5.41, 5.74) is 2.91. The molecule has 0 fully saturated rings. The molecule has 0 aliphatic rings. The number of halogens is 3. The molecule has 2 aromatic carbocycles. The van der Waals surface area contributed by atoms with Crippen LogP contribution >= 0.6 is 10.5 Å². The fourth-order valence-electron chi connectivity index (χ4n) is 4.03. The van der Waals surface area contributed by atoms with Gasteiger partial charge in [-0.05, 0) is 88.1 Å². The summed E-state index contributed by atoms with van der Waals surface area (Å²) in [6.45, 7) is 9.43. The van der Waals surface area contributed by atoms with Gasteiger partial charge in [0.25, 0.3) is 0 Å². The molecule has 0 saturated carbocycles. The van der Waals surface area contributed by atoms with Crippen LogP contribution in [0.4, 0.5) is 13.2 Å². The van der Waals surface area contributed by atoms with Gasteiger partial charge in [0.2, 0.25) is 10.4 Å². The van der Waals surface area contributed by atoms with Crippen LogP contribution < -0.4 is 9.84 Å². The van der Waals surface area contributed by atoms with E-state index in [-0.39, 0.29) is 0 Å². The molecule has 2 atom stereocenters. The van der Waals surface area contributed by atoms with Crippen LogP contribution in [0.2, 0.25) is 0 Å². The van der Waals surface area contributed by atoms with Gasteiger partial charge in [-0.3, -0.25) is 0 Å². The van der Waals surface area contributed by atoms with Crippen molar-refractivity contribution in [2.75, 3.05) is 0 Å². The summed E-state index contributed by atoms with van der Waals surface area (Å²) >= 11 is 0.